The molecule has 516 valence electrons. The summed E-state index contributed by atoms with van der Waals surface area (Å²) in [6, 6.07) is 0. The van der Waals surface area contributed by atoms with Crippen LogP contribution in [0, 0.1) is 23.7 Å². The van der Waals surface area contributed by atoms with Gasteiger partial charge in [-0.3, -0.25) is 37.3 Å². The van der Waals surface area contributed by atoms with E-state index in [2.05, 4.69) is 55.4 Å². The van der Waals surface area contributed by atoms with Crippen molar-refractivity contribution in [2.45, 2.75) is 350 Å². The molecule has 0 aromatic carbocycles. The number of esters is 4. The van der Waals surface area contributed by atoms with Crippen molar-refractivity contribution in [3.05, 3.63) is 0 Å². The molecule has 0 aromatic rings. The van der Waals surface area contributed by atoms with Crippen LogP contribution in [0.4, 0.5) is 0 Å². The second-order valence-corrected chi connectivity index (χ2v) is 29.1. The topological polar surface area (TPSA) is 237 Å². The van der Waals surface area contributed by atoms with Gasteiger partial charge in [0.15, 0.2) is 12.2 Å². The third-order valence-corrected chi connectivity index (χ3v) is 17.8. The van der Waals surface area contributed by atoms with Gasteiger partial charge in [-0.15, -0.1) is 0 Å². The third kappa shape index (κ3) is 61.3. The summed E-state index contributed by atoms with van der Waals surface area (Å²) in [5.74, 6) is 0.802. The first-order chi connectivity index (χ1) is 41.6. The van der Waals surface area contributed by atoms with Gasteiger partial charge in [0.1, 0.15) is 19.3 Å². The van der Waals surface area contributed by atoms with Crippen molar-refractivity contribution in [3.63, 3.8) is 0 Å². The maximum Gasteiger partial charge on any atom is 0.472 e. The molecule has 0 aliphatic rings. The smallest absolute Gasteiger partial charge is 0.462 e. The number of phosphoric acid groups is 2. The van der Waals surface area contributed by atoms with Gasteiger partial charge in [-0.1, -0.05) is 280 Å². The molecule has 0 radical (unpaired) electrons. The van der Waals surface area contributed by atoms with Crippen molar-refractivity contribution < 1.29 is 80.2 Å². The van der Waals surface area contributed by atoms with E-state index >= 15 is 0 Å². The Labute approximate surface area is 530 Å². The minimum atomic E-state index is -4.95. The zero-order chi connectivity index (χ0) is 64.7. The standard InChI is InChI=1S/C68H132O17P2/c1-9-61(8)47-39-31-26-27-35-43-51-68(73)85-64(55-78-65(70)48-40-32-23-18-17-21-29-37-45-59(4)5)57-83-87(76,77)81-53-62(69)52-80-86(74,75)82-56-63(54-79-66(71)49-41-33-25-19-22-30-38-46-60(6)7)84-67(72)50-42-34-24-16-14-12-10-11-13-15-20-28-36-44-58(2)3/h58-64,69H,9-57H2,1-8H3,(H,74,75)(H,76,77)/t61?,62?,63-,64-/m1/s1. The molecule has 0 aliphatic heterocycles. The summed E-state index contributed by atoms with van der Waals surface area (Å²) in [5, 5.41) is 10.6. The molecule has 6 atom stereocenters. The zero-order valence-electron chi connectivity index (χ0n) is 56.6. The second kappa shape index (κ2) is 57.9. The number of rotatable bonds is 65. The van der Waals surface area contributed by atoms with Crippen LogP contribution in [-0.4, -0.2) is 96.7 Å². The van der Waals surface area contributed by atoms with Crippen LogP contribution >= 0.6 is 15.6 Å². The van der Waals surface area contributed by atoms with Crippen LogP contribution in [0.25, 0.3) is 0 Å². The Kier molecular flexibility index (Phi) is 56.6. The number of carbonyl (C=O) groups excluding carboxylic acids is 4. The molecule has 19 heteroatoms. The SMILES string of the molecule is CCC(C)CCCCCCCCC(=O)O[C@H](COC(=O)CCCCCCCCCCC(C)C)COP(=O)(O)OCC(O)COP(=O)(O)OC[C@@H](COC(=O)CCCCCCCCCC(C)C)OC(=O)CCCCCCCCCCCCCCCC(C)C. The lowest BCUT2D eigenvalue weighted by Crippen LogP contribution is -2.30. The molecule has 0 saturated carbocycles. The minimum Gasteiger partial charge on any atom is -0.462 e. The van der Waals surface area contributed by atoms with E-state index in [1.165, 1.54) is 128 Å². The Bertz CT molecular complexity index is 1730. The summed E-state index contributed by atoms with van der Waals surface area (Å²) in [5.41, 5.74) is 0. The highest BCUT2D eigenvalue weighted by Gasteiger charge is 2.30. The molecular weight excluding hydrogens is 1150 g/mol. The first-order valence-electron chi connectivity index (χ1n) is 35.2. The number of ether oxygens (including phenoxy) is 4. The van der Waals surface area contributed by atoms with Gasteiger partial charge in [-0.25, -0.2) is 9.13 Å². The van der Waals surface area contributed by atoms with Crippen molar-refractivity contribution in [2.24, 2.45) is 23.7 Å². The van der Waals surface area contributed by atoms with E-state index in [1.54, 1.807) is 0 Å². The highest BCUT2D eigenvalue weighted by Crippen LogP contribution is 2.45. The molecule has 0 rings (SSSR count). The summed E-state index contributed by atoms with van der Waals surface area (Å²) >= 11 is 0. The summed E-state index contributed by atoms with van der Waals surface area (Å²) in [6.07, 6.45) is 39.1. The maximum absolute atomic E-state index is 13.0. The minimum absolute atomic E-state index is 0.102. The fraction of sp³-hybridized carbons (Fsp3) is 0.941. The molecule has 4 unspecified atom stereocenters. The van der Waals surface area contributed by atoms with Crippen LogP contribution in [0.5, 0.6) is 0 Å². The lowest BCUT2D eigenvalue weighted by molar-refractivity contribution is -0.161. The summed E-state index contributed by atoms with van der Waals surface area (Å²) < 4.78 is 68.2. The van der Waals surface area contributed by atoms with Crippen LogP contribution in [0.2, 0.25) is 0 Å². The average Bonchev–Trinajstić information content (AvgIpc) is 3.56. The van der Waals surface area contributed by atoms with Crippen molar-refractivity contribution in [2.75, 3.05) is 39.6 Å². The molecule has 0 bridgehead atoms. The van der Waals surface area contributed by atoms with Crippen LogP contribution in [-0.2, 0) is 65.4 Å². The Morgan fingerprint density at radius 3 is 0.816 bits per heavy atom. The van der Waals surface area contributed by atoms with E-state index in [9.17, 15) is 43.2 Å². The van der Waals surface area contributed by atoms with Crippen LogP contribution in [0.1, 0.15) is 331 Å². The molecular formula is C68H132O17P2. The van der Waals surface area contributed by atoms with Gasteiger partial charge in [0, 0.05) is 25.7 Å². The van der Waals surface area contributed by atoms with Gasteiger partial charge in [-0.05, 0) is 49.4 Å². The van der Waals surface area contributed by atoms with E-state index in [1.807, 2.05) is 0 Å². The molecule has 17 nitrogen and oxygen atoms in total. The van der Waals surface area contributed by atoms with Gasteiger partial charge in [0.2, 0.25) is 0 Å². The molecule has 0 fully saturated rings. The normalized spacial score (nSPS) is 14.6. The van der Waals surface area contributed by atoms with Crippen LogP contribution in [0.3, 0.4) is 0 Å². The highest BCUT2D eigenvalue weighted by molar-refractivity contribution is 7.47. The molecule has 0 aliphatic carbocycles. The third-order valence-electron chi connectivity index (χ3n) is 15.9. The zero-order valence-corrected chi connectivity index (χ0v) is 58.4. The first-order valence-corrected chi connectivity index (χ1v) is 38.2. The summed E-state index contributed by atoms with van der Waals surface area (Å²) in [6.45, 7) is 14.0. The largest absolute Gasteiger partial charge is 0.472 e. The van der Waals surface area contributed by atoms with Crippen LogP contribution < -0.4 is 0 Å². The number of unbranched alkanes of at least 4 members (excludes halogenated alkanes) is 30. The Balaban J connectivity index is 5.24. The molecule has 0 saturated heterocycles. The lowest BCUT2D eigenvalue weighted by atomic mass is 10.00. The summed E-state index contributed by atoms with van der Waals surface area (Å²) in [4.78, 5) is 72.4. The van der Waals surface area contributed by atoms with Crippen LogP contribution in [0.15, 0.2) is 0 Å². The van der Waals surface area contributed by atoms with Crippen molar-refractivity contribution in [1.29, 1.82) is 0 Å². The fourth-order valence-corrected chi connectivity index (χ4v) is 11.7. The van der Waals surface area contributed by atoms with Gasteiger partial charge in [0.05, 0.1) is 26.4 Å². The van der Waals surface area contributed by atoms with Crippen molar-refractivity contribution in [1.82, 2.24) is 0 Å². The number of hydrogen-bond donors (Lipinski definition) is 3. The van der Waals surface area contributed by atoms with E-state index in [4.69, 9.17) is 37.0 Å². The average molecular weight is 1280 g/mol. The lowest BCUT2D eigenvalue weighted by Gasteiger charge is -2.21. The van der Waals surface area contributed by atoms with Crippen molar-refractivity contribution >= 4 is 39.5 Å². The predicted octanol–water partition coefficient (Wildman–Crippen LogP) is 18.9. The number of hydrogen-bond acceptors (Lipinski definition) is 15. The number of carbonyl (C=O) groups is 4. The summed E-state index contributed by atoms with van der Waals surface area (Å²) in [7, 11) is -9.90. The quantitative estimate of drug-likeness (QED) is 0.0222. The monoisotopic (exact) mass is 1280 g/mol. The number of aliphatic hydroxyl groups excluding tert-OH is 1. The van der Waals surface area contributed by atoms with Gasteiger partial charge in [0.25, 0.3) is 0 Å². The van der Waals surface area contributed by atoms with E-state index in [-0.39, 0.29) is 25.7 Å². The Hall–Kier alpha value is -1.94. The van der Waals surface area contributed by atoms with E-state index in [0.29, 0.717) is 31.6 Å². The van der Waals surface area contributed by atoms with E-state index in [0.717, 1.165) is 114 Å². The number of aliphatic hydroxyl groups is 1. The maximum atomic E-state index is 13.0. The molecule has 0 amide bonds. The van der Waals surface area contributed by atoms with Gasteiger partial charge in [-0.2, -0.15) is 0 Å². The molecule has 87 heavy (non-hydrogen) atoms. The second-order valence-electron chi connectivity index (χ2n) is 26.2. The Morgan fingerprint density at radius 2 is 0.552 bits per heavy atom. The molecule has 0 aromatic heterocycles. The molecule has 0 spiro atoms. The molecule has 3 N–H and O–H groups in total. The van der Waals surface area contributed by atoms with Gasteiger partial charge >= 0.3 is 39.5 Å². The first kappa shape index (κ1) is 85.1. The highest BCUT2D eigenvalue weighted by atomic mass is 31.2. The molecule has 0 heterocycles. The van der Waals surface area contributed by atoms with E-state index < -0.39 is 97.5 Å². The number of phosphoric ester groups is 2. The van der Waals surface area contributed by atoms with Gasteiger partial charge < -0.3 is 33.8 Å². The predicted molar refractivity (Wildman–Crippen MR) is 349 cm³/mol. The van der Waals surface area contributed by atoms with Crippen molar-refractivity contribution in [3.8, 4) is 0 Å². The fourth-order valence-electron chi connectivity index (χ4n) is 10.1. The Morgan fingerprint density at radius 1 is 0.322 bits per heavy atom.